The number of rotatable bonds is 16. The Morgan fingerprint density at radius 2 is 1.28 bits per heavy atom. The van der Waals surface area contributed by atoms with E-state index in [0.29, 0.717) is 37.3 Å². The number of amides is 5. The van der Waals surface area contributed by atoms with Crippen LogP contribution in [0.15, 0.2) is 59.5 Å². The molecule has 17 heteroatoms. The Bertz CT molecular complexity index is 1660. The number of aromatic nitrogens is 2. The van der Waals surface area contributed by atoms with Gasteiger partial charge in [0, 0.05) is 18.7 Å². The number of nitrogens with one attached hydrogen (secondary N) is 5. The summed E-state index contributed by atoms with van der Waals surface area (Å²) in [6.07, 6.45) is 1.10. The minimum absolute atomic E-state index is 0.0471. The summed E-state index contributed by atoms with van der Waals surface area (Å²) < 4.78 is 24.9. The number of nitrogens with zero attached hydrogens (tertiary/aromatic N) is 2. The molecule has 1 aromatic heterocycles. The number of hydrogen-bond acceptors (Lipinski definition) is 9. The van der Waals surface area contributed by atoms with Crippen molar-refractivity contribution >= 4 is 52.2 Å². The Kier molecular flexibility index (Phi) is 13.3. The van der Waals surface area contributed by atoms with Crippen molar-refractivity contribution in [1.29, 1.82) is 0 Å². The number of carbonyl (C=O) groups is 5. The molecule has 246 valence electrons. The van der Waals surface area contributed by atoms with E-state index in [2.05, 4.69) is 44.3 Å². The van der Waals surface area contributed by atoms with Crippen molar-refractivity contribution in [2.75, 3.05) is 38.5 Å². The average molecular weight is 673 g/mol. The zero-order valence-corrected chi connectivity index (χ0v) is 26.7. The quantitative estimate of drug-likeness (QED) is 0.0767. The molecule has 5 amide bonds. The first-order chi connectivity index (χ1) is 21.9. The van der Waals surface area contributed by atoms with Gasteiger partial charge in [-0.2, -0.15) is 17.7 Å². The summed E-state index contributed by atoms with van der Waals surface area (Å²) >= 11 is 3.77. The SMILES string of the molecule is Cc1ccc(-c2cc(C(=O)NCCCCNC(=O)CNC(=O)CNC(=O)CNC(=O)CS)nn2-c2ccc(S(N)(=O)=O)cc2)cc1. The van der Waals surface area contributed by atoms with E-state index < -0.39 is 39.6 Å². The maximum absolute atomic E-state index is 12.9. The van der Waals surface area contributed by atoms with Crippen molar-refractivity contribution in [3.8, 4) is 16.9 Å². The molecule has 0 aliphatic rings. The number of sulfonamides is 1. The number of benzene rings is 2. The van der Waals surface area contributed by atoms with Crippen molar-refractivity contribution in [2.24, 2.45) is 5.14 Å². The van der Waals surface area contributed by atoms with E-state index in [9.17, 15) is 32.4 Å². The molecule has 1 heterocycles. The van der Waals surface area contributed by atoms with Gasteiger partial charge in [0.15, 0.2) is 5.69 Å². The van der Waals surface area contributed by atoms with Gasteiger partial charge in [0.25, 0.3) is 5.91 Å². The summed E-state index contributed by atoms with van der Waals surface area (Å²) in [5.41, 5.74) is 3.19. The van der Waals surface area contributed by atoms with E-state index >= 15 is 0 Å². The van der Waals surface area contributed by atoms with Gasteiger partial charge < -0.3 is 26.6 Å². The molecule has 3 aromatic rings. The molecule has 0 bridgehead atoms. The second-order valence-electron chi connectivity index (χ2n) is 10.0. The average Bonchev–Trinajstić information content (AvgIpc) is 3.48. The zero-order chi connectivity index (χ0) is 33.7. The van der Waals surface area contributed by atoms with Gasteiger partial charge >= 0.3 is 0 Å². The summed E-state index contributed by atoms with van der Waals surface area (Å²) in [5, 5.41) is 22.2. The van der Waals surface area contributed by atoms with Crippen molar-refractivity contribution < 1.29 is 32.4 Å². The fraction of sp³-hybridized carbons (Fsp3) is 0.310. The molecule has 46 heavy (non-hydrogen) atoms. The molecule has 0 spiro atoms. The Morgan fingerprint density at radius 1 is 0.761 bits per heavy atom. The molecule has 0 saturated carbocycles. The number of hydrogen-bond donors (Lipinski definition) is 7. The highest BCUT2D eigenvalue weighted by molar-refractivity contribution is 7.89. The molecule has 2 aromatic carbocycles. The first kappa shape index (κ1) is 35.7. The van der Waals surface area contributed by atoms with Gasteiger partial charge in [-0.3, -0.25) is 24.0 Å². The van der Waals surface area contributed by atoms with Crippen LogP contribution in [0.4, 0.5) is 0 Å². The number of unbranched alkanes of at least 4 members (excludes halogenated alkanes) is 1. The van der Waals surface area contributed by atoms with Crippen LogP contribution in [0.2, 0.25) is 0 Å². The molecular formula is C29H36N8O7S2. The van der Waals surface area contributed by atoms with Gasteiger partial charge in [-0.25, -0.2) is 18.2 Å². The number of aryl methyl sites for hydroxylation is 1. The molecule has 0 aliphatic heterocycles. The first-order valence-electron chi connectivity index (χ1n) is 14.1. The third-order valence-electron chi connectivity index (χ3n) is 6.39. The van der Waals surface area contributed by atoms with Crippen molar-refractivity contribution in [3.63, 3.8) is 0 Å². The standard InChI is InChI=1S/C29H36N8O7S2/c1-19-4-6-20(7-5-19)24-14-23(36-37(24)21-8-10-22(11-9-21)46(30,43)44)29(42)32-13-3-2-12-31-25(38)15-33-26(39)16-34-27(40)17-35-28(41)18-45/h4-11,14,45H,2-3,12-13,15-18H2,1H3,(H,31,38)(H,32,42)(H,33,39)(H,34,40)(H,35,41)(H2,30,43,44). The van der Waals surface area contributed by atoms with Crippen LogP contribution in [0.25, 0.3) is 16.9 Å². The van der Waals surface area contributed by atoms with E-state index in [0.717, 1.165) is 11.1 Å². The van der Waals surface area contributed by atoms with Crippen LogP contribution in [0, 0.1) is 6.92 Å². The summed E-state index contributed by atoms with van der Waals surface area (Å²) in [6.45, 7) is 1.67. The molecule has 0 unspecified atom stereocenters. The molecule has 3 rings (SSSR count). The monoisotopic (exact) mass is 672 g/mol. The van der Waals surface area contributed by atoms with Gasteiger partial charge in [-0.15, -0.1) is 0 Å². The van der Waals surface area contributed by atoms with Gasteiger partial charge in [-0.05, 0) is 50.1 Å². The highest BCUT2D eigenvalue weighted by atomic mass is 32.2. The summed E-state index contributed by atoms with van der Waals surface area (Å²) in [6, 6.07) is 15.2. The lowest BCUT2D eigenvalue weighted by molar-refractivity contribution is -0.128. The van der Waals surface area contributed by atoms with Crippen LogP contribution in [0.3, 0.4) is 0 Å². The van der Waals surface area contributed by atoms with Crippen LogP contribution >= 0.6 is 12.6 Å². The number of thiol groups is 1. The predicted octanol–water partition coefficient (Wildman–Crippen LogP) is -0.600. The van der Waals surface area contributed by atoms with Crippen molar-refractivity contribution in [1.82, 2.24) is 36.4 Å². The van der Waals surface area contributed by atoms with Crippen LogP contribution in [0.5, 0.6) is 0 Å². The second-order valence-corrected chi connectivity index (χ2v) is 11.9. The third-order valence-corrected chi connectivity index (χ3v) is 7.61. The van der Waals surface area contributed by atoms with Crippen LogP contribution < -0.4 is 31.7 Å². The van der Waals surface area contributed by atoms with E-state index in [1.54, 1.807) is 22.9 Å². The molecule has 0 fully saturated rings. The Morgan fingerprint density at radius 3 is 1.83 bits per heavy atom. The molecule has 0 aliphatic carbocycles. The van der Waals surface area contributed by atoms with Gasteiger partial charge in [0.2, 0.25) is 33.7 Å². The van der Waals surface area contributed by atoms with Crippen LogP contribution in [0.1, 0.15) is 28.9 Å². The smallest absolute Gasteiger partial charge is 0.271 e. The summed E-state index contributed by atoms with van der Waals surface area (Å²) in [7, 11) is -3.87. The maximum Gasteiger partial charge on any atom is 0.271 e. The molecular weight excluding hydrogens is 637 g/mol. The predicted molar refractivity (Wildman–Crippen MR) is 173 cm³/mol. The third kappa shape index (κ3) is 11.3. The number of primary sulfonamides is 1. The Balaban J connectivity index is 1.44. The van der Waals surface area contributed by atoms with Gasteiger partial charge in [0.1, 0.15) is 0 Å². The second kappa shape index (κ2) is 17.1. The fourth-order valence-electron chi connectivity index (χ4n) is 3.95. The van der Waals surface area contributed by atoms with Gasteiger partial charge in [0.05, 0.1) is 41.7 Å². The van der Waals surface area contributed by atoms with Crippen molar-refractivity contribution in [2.45, 2.75) is 24.7 Å². The van der Waals surface area contributed by atoms with E-state index in [-0.39, 0.29) is 36.0 Å². The molecule has 0 atom stereocenters. The normalized spacial score (nSPS) is 10.9. The first-order valence-corrected chi connectivity index (χ1v) is 16.3. The topological polar surface area (TPSA) is 223 Å². The van der Waals surface area contributed by atoms with Gasteiger partial charge in [-0.1, -0.05) is 29.8 Å². The lowest BCUT2D eigenvalue weighted by Gasteiger charge is -2.09. The largest absolute Gasteiger partial charge is 0.355 e. The van der Waals surface area contributed by atoms with Crippen molar-refractivity contribution in [3.05, 3.63) is 65.9 Å². The highest BCUT2D eigenvalue weighted by Crippen LogP contribution is 2.25. The molecule has 15 nitrogen and oxygen atoms in total. The van der Waals surface area contributed by atoms with Crippen LogP contribution in [-0.4, -0.2) is 86.2 Å². The highest BCUT2D eigenvalue weighted by Gasteiger charge is 2.18. The minimum atomic E-state index is -3.87. The lowest BCUT2D eigenvalue weighted by atomic mass is 10.1. The number of carbonyl (C=O) groups excluding carboxylic acids is 5. The minimum Gasteiger partial charge on any atom is -0.355 e. The molecule has 0 saturated heterocycles. The maximum atomic E-state index is 12.9. The Hall–Kier alpha value is -4.74. The van der Waals surface area contributed by atoms with E-state index in [4.69, 9.17) is 5.14 Å². The lowest BCUT2D eigenvalue weighted by Crippen LogP contribution is -2.44. The number of nitrogens with two attached hydrogens (primary N) is 1. The molecule has 7 N–H and O–H groups in total. The summed E-state index contributed by atoms with van der Waals surface area (Å²) in [5.74, 6) is -2.44. The van der Waals surface area contributed by atoms with E-state index in [1.807, 2.05) is 31.2 Å². The fourth-order valence-corrected chi connectivity index (χ4v) is 4.57. The molecule has 0 radical (unpaired) electrons. The van der Waals surface area contributed by atoms with E-state index in [1.165, 1.54) is 12.1 Å². The Labute approximate surface area is 271 Å². The summed E-state index contributed by atoms with van der Waals surface area (Å²) in [4.78, 5) is 59.3. The van der Waals surface area contributed by atoms with Crippen LogP contribution in [-0.2, 0) is 29.2 Å². The zero-order valence-electron chi connectivity index (χ0n) is 25.0.